The largest absolute Gasteiger partial charge is 0.424 e. The van der Waals surface area contributed by atoms with E-state index >= 15 is 0 Å². The van der Waals surface area contributed by atoms with Gasteiger partial charge in [0.2, 0.25) is 38.7 Å². The van der Waals surface area contributed by atoms with E-state index in [1.54, 1.807) is 0 Å². The molecule has 0 aromatic heterocycles. The first-order valence-corrected chi connectivity index (χ1v) is 50.6. The summed E-state index contributed by atoms with van der Waals surface area (Å²) < 4.78 is 52.4. The van der Waals surface area contributed by atoms with E-state index in [-0.39, 0.29) is 186 Å². The van der Waals surface area contributed by atoms with E-state index in [0.29, 0.717) is 44.5 Å². The van der Waals surface area contributed by atoms with Gasteiger partial charge in [0.1, 0.15) is 46.0 Å². The Labute approximate surface area is 877 Å². The molecule has 1 aliphatic rings. The number of fused-ring (bicyclic) bond motifs is 16. The van der Waals surface area contributed by atoms with Crippen molar-refractivity contribution in [1.82, 2.24) is 0 Å². The summed E-state index contributed by atoms with van der Waals surface area (Å²) in [6.07, 6.45) is -2.08. The third kappa shape index (κ3) is 29.3. The molecule has 32 heteroatoms. The lowest BCUT2D eigenvalue weighted by molar-refractivity contribution is -0.133. The number of hydrogen-bond acceptors (Lipinski definition) is 16. The Balaban J connectivity index is 1.61. The summed E-state index contributed by atoms with van der Waals surface area (Å²) in [6, 6.07) is 29.3. The first-order chi connectivity index (χ1) is 62.3. The van der Waals surface area contributed by atoms with Crippen molar-refractivity contribution in [3.63, 3.8) is 0 Å². The Kier molecular flexibility index (Phi) is 37.3. The minimum Gasteiger partial charge on any atom is -0.424 e. The van der Waals surface area contributed by atoms with Crippen LogP contribution in [0.15, 0.2) is 97.1 Å². The van der Waals surface area contributed by atoms with Gasteiger partial charge in [0.05, 0.1) is 0 Å². The molecule has 0 heterocycles. The summed E-state index contributed by atoms with van der Waals surface area (Å²) in [5, 5.41) is 0. The molecule has 0 spiro atoms. The average molecular weight is 2190 g/mol. The smallest absolute Gasteiger partial charge is 0.344 e. The van der Waals surface area contributed by atoms with E-state index in [1.807, 2.05) is 263 Å². The van der Waals surface area contributed by atoms with Gasteiger partial charge in [0, 0.05) is 140 Å². The third-order valence-corrected chi connectivity index (χ3v) is 25.8. The molecule has 0 atom stereocenters. The normalized spacial score (nSPS) is 13.5. The third-order valence-electron chi connectivity index (χ3n) is 23.0. The maximum absolute atomic E-state index is 14.7. The Bertz CT molecular complexity index is 4670. The topological polar surface area (TPSA) is 210 Å². The summed E-state index contributed by atoms with van der Waals surface area (Å²) in [6.45, 7) is 47.2. The SMILES string of the molecule is CC(C)(C)c1cc2c(OC(=O)C(Cl)Cl)c(c1)Cc1cc(C(C)(C)C)cc(c1OC(=O)C(Cl)Cl)Cc1cc(C(C)(C)C)cc(c1OC(=O)C(Cl)Cl)Cc1cc(C(C)(C)C)cc(c1OC(=O)C(Cl)Cl)Cc1cc(C(C)(C)C)cc(c1OC(=O)C(Cl)Cl)Cc1cc(C(C)(C)C)cc(c1OC(=O)C(Cl)Cl)Cc1cc(C(C)(C)C)cc(c1OC(=O)C(Cl)Cl)Cc1cc(C(C)(C)C)cc(c1OC(=O)C(Cl)Cl)C2. The van der Waals surface area contributed by atoms with Gasteiger partial charge in [-0.3, -0.25) is 0 Å². The summed E-state index contributed by atoms with van der Waals surface area (Å²) in [7, 11) is 0. The molecular weight excluding hydrogens is 2070 g/mol. The van der Waals surface area contributed by atoms with Crippen molar-refractivity contribution in [3.8, 4) is 46.0 Å². The van der Waals surface area contributed by atoms with Gasteiger partial charge in [-0.05, 0) is 87.8 Å². The molecule has 0 saturated heterocycles. The summed E-state index contributed by atoms with van der Waals surface area (Å²) in [5.41, 5.74) is 3.76. The van der Waals surface area contributed by atoms with Gasteiger partial charge >= 0.3 is 47.8 Å². The predicted molar refractivity (Wildman–Crippen MR) is 553 cm³/mol. The zero-order chi connectivity index (χ0) is 102. The van der Waals surface area contributed by atoms with Crippen LogP contribution in [-0.4, -0.2) is 86.4 Å². The van der Waals surface area contributed by atoms with E-state index in [9.17, 15) is 38.4 Å². The lowest BCUT2D eigenvalue weighted by Gasteiger charge is -2.29. The van der Waals surface area contributed by atoms with Crippen molar-refractivity contribution in [2.45, 2.75) is 300 Å². The first-order valence-electron chi connectivity index (χ1n) is 43.6. The minimum atomic E-state index is -1.79. The second kappa shape index (κ2) is 44.6. The number of carbonyl (C=O) groups excluding carboxylic acids is 8. The summed E-state index contributed by atoms with van der Waals surface area (Å²) >= 11 is 105. The Morgan fingerprint density at radius 2 is 0.228 bits per heavy atom. The van der Waals surface area contributed by atoms with Crippen LogP contribution >= 0.6 is 186 Å². The molecule has 9 rings (SSSR count). The molecule has 1 aliphatic carbocycles. The van der Waals surface area contributed by atoms with Crippen molar-refractivity contribution in [2.75, 3.05) is 0 Å². The maximum Gasteiger partial charge on any atom is 0.344 e. The Hall–Kier alpha value is -5.84. The van der Waals surface area contributed by atoms with Gasteiger partial charge in [0.15, 0.2) is 0 Å². The standard InChI is InChI=1S/C104H112Cl16O16/c1-97(2,3)65-33-49-25-51-35-66(98(4,5)6)37-53(74(51)130-90(122)82(107)108)27-55-39-68(100(10,11)12)41-57(76(55)132-92(124)84(111)112)29-59-43-70(102(16,17)18)45-61(78(59)134-94(126)86(115)116)31-63-47-72(104(22,23)24)48-64(80(63)136-96(128)88(119)120)32-62-46-71(103(19,20)21)44-60(79(62)135-95(127)87(117)118)30-58-42-69(101(13,14)15)40-56(77(58)133-93(125)85(113)114)28-54-38-67(99(7,8)9)36-52(75(54)131-91(123)83(109)110)26-50(34-65)73(49)129-89(121)81(105)106/h33-48,81-88H,25-32H2,1-24H3. The van der Waals surface area contributed by atoms with E-state index < -0.39 is 130 Å². The summed E-state index contributed by atoms with van der Waals surface area (Å²) in [5.74, 6) is -9.61. The lowest BCUT2D eigenvalue weighted by Crippen LogP contribution is -2.22. The second-order valence-electron chi connectivity index (χ2n) is 42.2. The number of rotatable bonds is 16. The van der Waals surface area contributed by atoms with Crippen LogP contribution in [-0.2, 0) is 133 Å². The molecule has 0 radical (unpaired) electrons. The van der Waals surface area contributed by atoms with E-state index in [0.717, 1.165) is 0 Å². The number of carbonyl (C=O) groups is 8. The van der Waals surface area contributed by atoms with Gasteiger partial charge in [-0.2, -0.15) is 0 Å². The fraction of sp³-hybridized carbons (Fsp3) is 0.462. The van der Waals surface area contributed by atoms with Gasteiger partial charge in [-0.1, -0.05) is 449 Å². The number of alkyl halides is 16. The molecular formula is C104H112Cl16O16. The molecule has 0 aliphatic heterocycles. The highest BCUT2D eigenvalue weighted by molar-refractivity contribution is 6.56. The average Bonchev–Trinajstić information content (AvgIpc) is 0.761. The van der Waals surface area contributed by atoms with Crippen LogP contribution in [0, 0.1) is 0 Å². The number of halogens is 16. The highest BCUT2D eigenvalue weighted by Gasteiger charge is 2.39. The van der Waals surface area contributed by atoms with Crippen LogP contribution in [0.2, 0.25) is 0 Å². The zero-order valence-corrected chi connectivity index (χ0v) is 92.2. The Morgan fingerprint density at radius 3 is 0.279 bits per heavy atom. The van der Waals surface area contributed by atoms with E-state index in [1.165, 1.54) is 0 Å². The van der Waals surface area contributed by atoms with Crippen molar-refractivity contribution >= 4 is 233 Å². The lowest BCUT2D eigenvalue weighted by atomic mass is 9.79. The molecule has 8 aromatic carbocycles. The fourth-order valence-electron chi connectivity index (χ4n) is 15.5. The quantitative estimate of drug-likeness (QED) is 0.0500. The molecule has 136 heavy (non-hydrogen) atoms. The maximum atomic E-state index is 14.7. The molecule has 0 unspecified atom stereocenters. The van der Waals surface area contributed by atoms with Gasteiger partial charge < -0.3 is 37.9 Å². The van der Waals surface area contributed by atoms with Gasteiger partial charge in [-0.25, -0.2) is 38.4 Å². The van der Waals surface area contributed by atoms with Crippen LogP contribution in [0.5, 0.6) is 46.0 Å². The van der Waals surface area contributed by atoms with Crippen molar-refractivity contribution in [1.29, 1.82) is 0 Å². The monoisotopic (exact) mass is 2180 g/mol. The number of benzene rings is 8. The molecule has 16 nitrogen and oxygen atoms in total. The van der Waals surface area contributed by atoms with Crippen LogP contribution in [0.3, 0.4) is 0 Å². The number of ether oxygens (including phenoxy) is 8. The predicted octanol–water partition coefficient (Wildman–Crippen LogP) is 28.8. The number of esters is 8. The molecule has 0 N–H and O–H groups in total. The van der Waals surface area contributed by atoms with Crippen LogP contribution < -0.4 is 37.9 Å². The van der Waals surface area contributed by atoms with Crippen LogP contribution in [0.1, 0.15) is 300 Å². The highest BCUT2D eigenvalue weighted by Crippen LogP contribution is 2.50. The van der Waals surface area contributed by atoms with Crippen LogP contribution in [0.4, 0.5) is 0 Å². The second-order valence-corrected chi connectivity index (χ2v) is 50.9. The minimum absolute atomic E-state index is 0.0904. The molecule has 0 amide bonds. The Morgan fingerprint density at radius 1 is 0.162 bits per heavy atom. The molecule has 736 valence electrons. The molecule has 8 aromatic rings. The highest BCUT2D eigenvalue weighted by atomic mass is 35.6. The molecule has 0 fully saturated rings. The molecule has 16 bridgehead atoms. The first kappa shape index (κ1) is 114. The van der Waals surface area contributed by atoms with Crippen molar-refractivity contribution in [3.05, 3.63) is 231 Å². The van der Waals surface area contributed by atoms with E-state index in [4.69, 9.17) is 224 Å². The fourth-order valence-corrected chi connectivity index (χ4v) is 16.2. The number of hydrogen-bond donors (Lipinski definition) is 0. The summed E-state index contributed by atoms with van der Waals surface area (Å²) in [4.78, 5) is 103. The van der Waals surface area contributed by atoms with Crippen molar-refractivity contribution < 1.29 is 76.3 Å². The van der Waals surface area contributed by atoms with Crippen molar-refractivity contribution in [2.24, 2.45) is 0 Å². The zero-order valence-electron chi connectivity index (χ0n) is 80.1. The van der Waals surface area contributed by atoms with E-state index in [2.05, 4.69) is 0 Å². The van der Waals surface area contributed by atoms with Gasteiger partial charge in [0.25, 0.3) is 0 Å². The molecule has 0 saturated carbocycles. The van der Waals surface area contributed by atoms with Gasteiger partial charge in [-0.15, -0.1) is 0 Å². The van der Waals surface area contributed by atoms with Crippen LogP contribution in [0.25, 0.3) is 0 Å².